The van der Waals surface area contributed by atoms with Crippen LogP contribution in [0.4, 0.5) is 5.13 Å². The van der Waals surface area contributed by atoms with Gasteiger partial charge < -0.3 is 20.6 Å². The smallest absolute Gasteiger partial charge is 0.352 e. The third-order valence-corrected chi connectivity index (χ3v) is 8.95. The molecule has 0 saturated carbocycles. The molecular formula is C18H16N10O6S4. The predicted octanol–water partition coefficient (Wildman–Crippen LogP) is 1.12. The minimum atomic E-state index is -1.24. The number of nitrogens with zero attached hydrogens (tertiary/aromatic N) is 8. The number of β-lactam (4-membered cyclic amide) rings is 1. The molecule has 1 fully saturated rings. The molecule has 3 N–H and O–H groups in total. The van der Waals surface area contributed by atoms with Crippen molar-refractivity contribution in [3.05, 3.63) is 38.3 Å². The number of hydrogen-bond acceptors (Lipinski definition) is 14. The Morgan fingerprint density at radius 3 is 2.97 bits per heavy atom. The Bertz CT molecular complexity index is 1340. The number of azide groups is 1. The molecule has 4 rings (SSSR count). The number of thiazole rings is 1. The summed E-state index contributed by atoms with van der Waals surface area (Å²) in [5.41, 5.74) is 10.2. The van der Waals surface area contributed by atoms with Gasteiger partial charge in [-0.2, -0.15) is 0 Å². The van der Waals surface area contributed by atoms with E-state index in [0.29, 0.717) is 27.8 Å². The highest BCUT2D eigenvalue weighted by Gasteiger charge is 2.54. The molecule has 2 aliphatic heterocycles. The van der Waals surface area contributed by atoms with Gasteiger partial charge in [0.05, 0.1) is 6.54 Å². The maximum Gasteiger partial charge on any atom is 0.352 e. The molecule has 38 heavy (non-hydrogen) atoms. The number of carbonyl (C=O) groups is 4. The Morgan fingerprint density at radius 2 is 2.26 bits per heavy atom. The maximum absolute atomic E-state index is 13.1. The van der Waals surface area contributed by atoms with E-state index >= 15 is 0 Å². The number of aliphatic carboxylic acids is 1. The van der Waals surface area contributed by atoms with Gasteiger partial charge in [0.25, 0.3) is 11.8 Å². The molecule has 0 spiro atoms. The summed E-state index contributed by atoms with van der Waals surface area (Å²) in [7, 11) is 0. The SMILES string of the molecule is [N-]=[N+]=NCCON=C(C(=O)NC1C(=O)N2C(C(=O)O)=C(CSc3nncs3)CS[C@H]12)c1csc(NC=O)n1. The summed E-state index contributed by atoms with van der Waals surface area (Å²) in [6.07, 6.45) is 0.423. The average molecular weight is 597 g/mol. The molecule has 0 bridgehead atoms. The number of thioether (sulfide) groups is 2. The first kappa shape index (κ1) is 27.3. The molecule has 198 valence electrons. The Morgan fingerprint density at radius 1 is 1.42 bits per heavy atom. The van der Waals surface area contributed by atoms with Crippen LogP contribution in [0.1, 0.15) is 5.69 Å². The Kier molecular flexibility index (Phi) is 9.13. The lowest BCUT2D eigenvalue weighted by Gasteiger charge is -2.49. The number of anilines is 1. The van der Waals surface area contributed by atoms with Gasteiger partial charge in [0, 0.05) is 21.8 Å². The quantitative estimate of drug-likeness (QED) is 0.0342. The number of oxime groups is 1. The molecule has 1 saturated heterocycles. The van der Waals surface area contributed by atoms with Crippen LogP contribution >= 0.6 is 46.2 Å². The van der Waals surface area contributed by atoms with Crippen molar-refractivity contribution in [2.75, 3.05) is 30.0 Å². The molecule has 0 aliphatic carbocycles. The van der Waals surface area contributed by atoms with Crippen molar-refractivity contribution in [2.45, 2.75) is 15.8 Å². The molecule has 1 unspecified atom stereocenters. The molecule has 16 nitrogen and oxygen atoms in total. The zero-order chi connectivity index (χ0) is 27.1. The van der Waals surface area contributed by atoms with Crippen LogP contribution in [0.25, 0.3) is 10.4 Å². The van der Waals surface area contributed by atoms with Crippen LogP contribution in [0.15, 0.2) is 36.8 Å². The standard InChI is InChI=1S/C18H16N10O6S4/c19-27-21-1-2-34-26-10(9-5-36-17(23-9)20-6-29)13(30)24-11-14(31)28-12(16(32)33)8(3-35-15(11)28)4-37-18-25-22-7-38-18/h5-7,11,15H,1-4H2,(H,24,30)(H,32,33)(H,20,23,29)/t11?,15-/m1/s1. The normalized spacial score (nSPS) is 18.7. The van der Waals surface area contributed by atoms with Gasteiger partial charge in [-0.15, -0.1) is 33.3 Å². The van der Waals surface area contributed by atoms with Crippen LogP contribution in [0.5, 0.6) is 0 Å². The van der Waals surface area contributed by atoms with E-state index in [2.05, 4.69) is 41.0 Å². The Hall–Kier alpha value is -3.71. The lowest BCUT2D eigenvalue weighted by molar-refractivity contribution is -0.150. The van der Waals surface area contributed by atoms with E-state index in [1.807, 2.05) is 0 Å². The van der Waals surface area contributed by atoms with Crippen LogP contribution in [0.2, 0.25) is 0 Å². The molecule has 4 heterocycles. The first-order valence-electron chi connectivity index (χ1n) is 10.4. The van der Waals surface area contributed by atoms with E-state index < -0.39 is 29.2 Å². The number of fused-ring (bicyclic) bond motifs is 1. The highest BCUT2D eigenvalue weighted by Crippen LogP contribution is 2.41. The lowest BCUT2D eigenvalue weighted by Crippen LogP contribution is -2.71. The molecule has 2 atom stereocenters. The lowest BCUT2D eigenvalue weighted by atomic mass is 10.0. The molecule has 2 aromatic heterocycles. The zero-order valence-corrected chi connectivity index (χ0v) is 22.2. The first-order chi connectivity index (χ1) is 18.4. The van der Waals surface area contributed by atoms with Crippen LogP contribution < -0.4 is 10.6 Å². The van der Waals surface area contributed by atoms with Crippen molar-refractivity contribution in [1.29, 1.82) is 0 Å². The topological polar surface area (TPSA) is 225 Å². The van der Waals surface area contributed by atoms with E-state index in [1.54, 1.807) is 5.51 Å². The average Bonchev–Trinajstić information content (AvgIpc) is 3.60. The summed E-state index contributed by atoms with van der Waals surface area (Å²) >= 11 is 5.01. The van der Waals surface area contributed by atoms with Gasteiger partial charge in [-0.05, 0) is 11.1 Å². The second kappa shape index (κ2) is 12.7. The fourth-order valence-corrected chi connectivity index (χ4v) is 6.95. The number of aromatic nitrogens is 3. The number of nitrogens with one attached hydrogen (secondary N) is 2. The minimum Gasteiger partial charge on any atom is -0.477 e. The molecule has 2 aliphatic rings. The number of hydrogen-bond donors (Lipinski definition) is 3. The predicted molar refractivity (Wildman–Crippen MR) is 139 cm³/mol. The van der Waals surface area contributed by atoms with E-state index in [9.17, 15) is 24.3 Å². The third-order valence-electron chi connectivity index (χ3n) is 4.89. The number of amides is 3. The highest BCUT2D eigenvalue weighted by atomic mass is 32.2. The first-order valence-corrected chi connectivity index (χ1v) is 14.2. The summed E-state index contributed by atoms with van der Waals surface area (Å²) in [6.45, 7) is -0.160. The van der Waals surface area contributed by atoms with Gasteiger partial charge in [-0.1, -0.05) is 33.4 Å². The number of carboxylic acid groups (broad SMARTS) is 1. The number of carbonyl (C=O) groups excluding carboxylic acids is 3. The second-order valence-corrected chi connectivity index (χ2v) is 11.2. The summed E-state index contributed by atoms with van der Waals surface area (Å²) in [5, 5.41) is 30.6. The van der Waals surface area contributed by atoms with Gasteiger partial charge in [-0.25, -0.2) is 9.78 Å². The largest absolute Gasteiger partial charge is 0.477 e. The van der Waals surface area contributed by atoms with Crippen LogP contribution in [0.3, 0.4) is 0 Å². The van der Waals surface area contributed by atoms with E-state index in [1.165, 1.54) is 45.1 Å². The van der Waals surface area contributed by atoms with Crippen molar-refractivity contribution in [3.8, 4) is 0 Å². The van der Waals surface area contributed by atoms with Gasteiger partial charge in [-0.3, -0.25) is 19.3 Å². The molecule has 0 aromatic carbocycles. The Balaban J connectivity index is 1.48. The summed E-state index contributed by atoms with van der Waals surface area (Å²) in [4.78, 5) is 61.8. The third kappa shape index (κ3) is 6.05. The van der Waals surface area contributed by atoms with Crippen molar-refractivity contribution >= 4 is 81.2 Å². The molecular weight excluding hydrogens is 581 g/mol. The van der Waals surface area contributed by atoms with Crippen LogP contribution in [-0.2, 0) is 24.0 Å². The fourth-order valence-electron chi connectivity index (χ4n) is 3.32. The second-order valence-electron chi connectivity index (χ2n) is 7.14. The number of carboxylic acids is 1. The molecule has 2 aromatic rings. The maximum atomic E-state index is 13.1. The van der Waals surface area contributed by atoms with E-state index in [-0.39, 0.29) is 35.4 Å². The van der Waals surface area contributed by atoms with E-state index in [4.69, 9.17) is 10.4 Å². The Labute approximate surface area is 229 Å². The zero-order valence-electron chi connectivity index (χ0n) is 18.9. The van der Waals surface area contributed by atoms with Crippen molar-refractivity contribution in [1.82, 2.24) is 25.4 Å². The summed E-state index contributed by atoms with van der Waals surface area (Å²) < 4.78 is 0.677. The highest BCUT2D eigenvalue weighted by molar-refractivity contribution is 8.01. The summed E-state index contributed by atoms with van der Waals surface area (Å²) in [5.74, 6) is -1.97. The van der Waals surface area contributed by atoms with Crippen LogP contribution in [0, 0.1) is 0 Å². The van der Waals surface area contributed by atoms with Crippen LogP contribution in [-0.4, -0.2) is 91.2 Å². The minimum absolute atomic E-state index is 0.0390. The van der Waals surface area contributed by atoms with Gasteiger partial charge in [0.1, 0.15) is 34.9 Å². The van der Waals surface area contributed by atoms with Crippen molar-refractivity contribution in [2.24, 2.45) is 10.3 Å². The van der Waals surface area contributed by atoms with Crippen molar-refractivity contribution in [3.63, 3.8) is 0 Å². The molecule has 3 amide bonds. The molecule has 0 radical (unpaired) electrons. The monoisotopic (exact) mass is 596 g/mol. The summed E-state index contributed by atoms with van der Waals surface area (Å²) in [6, 6.07) is -1.01. The fraction of sp³-hybridized carbons (Fsp3) is 0.333. The molecule has 20 heteroatoms. The van der Waals surface area contributed by atoms with E-state index in [0.717, 1.165) is 11.3 Å². The number of rotatable bonds is 13. The van der Waals surface area contributed by atoms with Gasteiger partial charge in [0.15, 0.2) is 15.2 Å². The van der Waals surface area contributed by atoms with Crippen molar-refractivity contribution < 1.29 is 29.1 Å². The van der Waals surface area contributed by atoms with Gasteiger partial charge >= 0.3 is 5.97 Å². The van der Waals surface area contributed by atoms with Gasteiger partial charge in [0.2, 0.25) is 6.41 Å².